The van der Waals surface area contributed by atoms with Crippen molar-refractivity contribution in [2.75, 3.05) is 4.72 Å². The molecule has 0 fully saturated rings. The molecule has 1 aromatic carbocycles. The normalized spacial score (nSPS) is 11.9. The Morgan fingerprint density at radius 3 is 1.94 bits per heavy atom. The zero-order chi connectivity index (χ0) is 13.2. The second kappa shape index (κ2) is 5.16. The van der Waals surface area contributed by atoms with Crippen molar-refractivity contribution in [3.8, 4) is 5.75 Å². The van der Waals surface area contributed by atoms with Crippen LogP contribution in [-0.2, 0) is 11.3 Å². The van der Waals surface area contributed by atoms with Crippen LogP contribution >= 0.6 is 0 Å². The summed E-state index contributed by atoms with van der Waals surface area (Å²) in [5.41, 5.74) is 2.81. The van der Waals surface area contributed by atoms with Gasteiger partial charge in [-0.25, -0.2) is 4.21 Å². The van der Waals surface area contributed by atoms with Crippen LogP contribution in [-0.4, -0.2) is 13.9 Å². The van der Waals surface area contributed by atoms with Crippen LogP contribution in [0.1, 0.15) is 25.0 Å². The average Bonchev–Trinajstić information content (AvgIpc) is 2.18. The van der Waals surface area contributed by atoms with Crippen molar-refractivity contribution < 1.29 is 13.9 Å². The third kappa shape index (κ3) is 3.18. The van der Waals surface area contributed by atoms with Crippen LogP contribution in [0, 0.1) is 0 Å². The number of rotatable bonds is 4. The molecule has 4 nitrogen and oxygen atoms in total. The molecular formula is C12H15NO3S. The van der Waals surface area contributed by atoms with Crippen molar-refractivity contribution in [1.29, 1.82) is 0 Å². The number of aromatic hydroxyl groups is 1. The minimum absolute atomic E-state index is 0.0827. The number of allylic oxidation sites excluding steroid dienone is 2. The van der Waals surface area contributed by atoms with Gasteiger partial charge in [0.05, 0.1) is 0 Å². The van der Waals surface area contributed by atoms with Crippen molar-refractivity contribution in [3.05, 3.63) is 36.4 Å². The molecule has 1 unspecified atom stereocenters. The van der Waals surface area contributed by atoms with Gasteiger partial charge in [-0.1, -0.05) is 13.2 Å². The maximum absolute atomic E-state index is 10.7. The van der Waals surface area contributed by atoms with Crippen molar-refractivity contribution in [2.24, 2.45) is 0 Å². The fourth-order valence-corrected chi connectivity index (χ4v) is 1.76. The predicted octanol–water partition coefficient (Wildman–Crippen LogP) is 3.01. The lowest BCUT2D eigenvalue weighted by Crippen LogP contribution is -2.03. The van der Waals surface area contributed by atoms with Gasteiger partial charge in [-0.15, -0.1) is 0 Å². The van der Waals surface area contributed by atoms with E-state index in [1.54, 1.807) is 26.0 Å². The summed E-state index contributed by atoms with van der Waals surface area (Å²) in [5.74, 6) is 0.0827. The van der Waals surface area contributed by atoms with Crippen LogP contribution in [0.2, 0.25) is 0 Å². The van der Waals surface area contributed by atoms with Gasteiger partial charge in [0.1, 0.15) is 5.75 Å². The summed E-state index contributed by atoms with van der Waals surface area (Å²) in [4.78, 5) is 0. The van der Waals surface area contributed by atoms with Gasteiger partial charge in [0, 0.05) is 16.8 Å². The van der Waals surface area contributed by atoms with E-state index in [1.165, 1.54) is 0 Å². The lowest BCUT2D eigenvalue weighted by atomic mass is 9.99. The highest BCUT2D eigenvalue weighted by Gasteiger charge is 2.11. The van der Waals surface area contributed by atoms with Gasteiger partial charge < -0.3 is 5.11 Å². The molecule has 0 radical (unpaired) electrons. The quantitative estimate of drug-likeness (QED) is 0.570. The number of phenolic OH excluding ortho intramolecular Hbond substituents is 1. The molecule has 0 bridgehead atoms. The largest absolute Gasteiger partial charge is 0.507 e. The molecule has 0 aromatic heterocycles. The first kappa shape index (κ1) is 13.5. The third-order valence-electron chi connectivity index (χ3n) is 2.23. The average molecular weight is 253 g/mol. The van der Waals surface area contributed by atoms with Gasteiger partial charge in [-0.2, -0.15) is 0 Å². The summed E-state index contributed by atoms with van der Waals surface area (Å²) >= 11 is -2.16. The summed E-state index contributed by atoms with van der Waals surface area (Å²) in [6.45, 7) is 11.0. The molecule has 0 aliphatic rings. The molecule has 0 aliphatic heterocycles. The molecule has 0 saturated carbocycles. The summed E-state index contributed by atoms with van der Waals surface area (Å²) in [5, 5.41) is 10.0. The molecular weight excluding hydrogens is 238 g/mol. The van der Waals surface area contributed by atoms with Gasteiger partial charge in [0.15, 0.2) is 0 Å². The van der Waals surface area contributed by atoms with E-state index in [0.29, 0.717) is 28.0 Å². The number of phenols is 1. The SMILES string of the molecule is C=C(C)c1cc(NS(=O)O)cc(C(=C)C)c1O. The number of hydrogen-bond donors (Lipinski definition) is 3. The summed E-state index contributed by atoms with van der Waals surface area (Å²) in [6.07, 6.45) is 0. The van der Waals surface area contributed by atoms with E-state index >= 15 is 0 Å². The van der Waals surface area contributed by atoms with Crippen molar-refractivity contribution in [3.63, 3.8) is 0 Å². The third-order valence-corrected chi connectivity index (χ3v) is 2.64. The lowest BCUT2D eigenvalue weighted by Gasteiger charge is -2.13. The van der Waals surface area contributed by atoms with E-state index in [2.05, 4.69) is 17.9 Å². The van der Waals surface area contributed by atoms with Crippen molar-refractivity contribution >= 4 is 28.1 Å². The minimum atomic E-state index is -2.16. The van der Waals surface area contributed by atoms with Crippen molar-refractivity contribution in [2.45, 2.75) is 13.8 Å². The van der Waals surface area contributed by atoms with Crippen LogP contribution in [0.3, 0.4) is 0 Å². The number of nitrogens with one attached hydrogen (secondary N) is 1. The summed E-state index contributed by atoms with van der Waals surface area (Å²) < 4.78 is 21.9. The molecule has 1 aromatic rings. The molecule has 0 heterocycles. The fraction of sp³-hybridized carbons (Fsp3) is 0.167. The van der Waals surface area contributed by atoms with Gasteiger partial charge in [0.2, 0.25) is 0 Å². The molecule has 0 amide bonds. The highest BCUT2D eigenvalue weighted by molar-refractivity contribution is 7.80. The zero-order valence-corrected chi connectivity index (χ0v) is 10.6. The maximum atomic E-state index is 10.7. The molecule has 17 heavy (non-hydrogen) atoms. The standard InChI is InChI=1S/C12H15NO3S/c1-7(2)10-5-9(13-17(15)16)6-11(8(3)4)12(10)14/h5-6,13-14H,1,3H2,2,4H3,(H,15,16). The lowest BCUT2D eigenvalue weighted by molar-refractivity contribution is 0.472. The minimum Gasteiger partial charge on any atom is -0.507 e. The van der Waals surface area contributed by atoms with Crippen LogP contribution in [0.5, 0.6) is 5.75 Å². The molecule has 1 atom stereocenters. The Morgan fingerprint density at radius 2 is 1.65 bits per heavy atom. The van der Waals surface area contributed by atoms with E-state index < -0.39 is 11.3 Å². The van der Waals surface area contributed by atoms with E-state index in [4.69, 9.17) is 4.55 Å². The topological polar surface area (TPSA) is 69.6 Å². The van der Waals surface area contributed by atoms with E-state index in [9.17, 15) is 9.32 Å². The fourth-order valence-electron chi connectivity index (χ4n) is 1.44. The number of benzene rings is 1. The monoisotopic (exact) mass is 253 g/mol. The first-order valence-corrected chi connectivity index (χ1v) is 6.00. The van der Waals surface area contributed by atoms with Crippen LogP contribution in [0.4, 0.5) is 5.69 Å². The zero-order valence-electron chi connectivity index (χ0n) is 9.78. The second-order valence-electron chi connectivity index (χ2n) is 3.83. The summed E-state index contributed by atoms with van der Waals surface area (Å²) in [6, 6.07) is 3.14. The Hall–Kier alpha value is -1.59. The van der Waals surface area contributed by atoms with E-state index in [-0.39, 0.29) is 5.75 Å². The van der Waals surface area contributed by atoms with Crippen LogP contribution in [0.25, 0.3) is 11.1 Å². The maximum Gasteiger partial charge on any atom is 0.259 e. The molecule has 1 rings (SSSR count). The highest BCUT2D eigenvalue weighted by Crippen LogP contribution is 2.34. The first-order chi connectivity index (χ1) is 7.82. The Morgan fingerprint density at radius 1 is 1.24 bits per heavy atom. The second-order valence-corrected chi connectivity index (χ2v) is 4.53. The molecule has 5 heteroatoms. The van der Waals surface area contributed by atoms with E-state index in [0.717, 1.165) is 0 Å². The van der Waals surface area contributed by atoms with Crippen LogP contribution in [0.15, 0.2) is 25.3 Å². The Labute approximate surface area is 103 Å². The molecule has 0 aliphatic carbocycles. The van der Waals surface area contributed by atoms with Crippen LogP contribution < -0.4 is 4.72 Å². The Bertz CT molecular complexity index is 473. The molecule has 3 N–H and O–H groups in total. The molecule has 0 spiro atoms. The molecule has 92 valence electrons. The smallest absolute Gasteiger partial charge is 0.259 e. The number of anilines is 1. The first-order valence-electron chi connectivity index (χ1n) is 4.89. The van der Waals surface area contributed by atoms with Gasteiger partial charge in [0.25, 0.3) is 11.3 Å². The summed E-state index contributed by atoms with van der Waals surface area (Å²) in [7, 11) is 0. The predicted molar refractivity (Wildman–Crippen MR) is 71.9 cm³/mol. The molecule has 0 saturated heterocycles. The Kier molecular flexibility index (Phi) is 4.09. The van der Waals surface area contributed by atoms with Gasteiger partial charge >= 0.3 is 0 Å². The van der Waals surface area contributed by atoms with Crippen molar-refractivity contribution in [1.82, 2.24) is 0 Å². The van der Waals surface area contributed by atoms with Gasteiger partial charge in [-0.3, -0.25) is 9.27 Å². The van der Waals surface area contributed by atoms with Gasteiger partial charge in [-0.05, 0) is 37.1 Å². The highest BCUT2D eigenvalue weighted by atomic mass is 32.2. The van der Waals surface area contributed by atoms with E-state index in [1.807, 2.05) is 0 Å². The Balaban J connectivity index is 3.41. The number of hydrogen-bond acceptors (Lipinski definition) is 2.